The summed E-state index contributed by atoms with van der Waals surface area (Å²) in [6.07, 6.45) is 1.64. The number of anilines is 2. The topological polar surface area (TPSA) is 45.2 Å². The van der Waals surface area contributed by atoms with Gasteiger partial charge in [-0.05, 0) is 36.8 Å². The quantitative estimate of drug-likeness (QED) is 0.935. The monoisotopic (exact) mass is 273 g/mol. The van der Waals surface area contributed by atoms with Crippen molar-refractivity contribution in [3.63, 3.8) is 0 Å². The molecular formula is C15H16FN3O. The highest BCUT2D eigenvalue weighted by Gasteiger charge is 2.14. The molecule has 0 aliphatic rings. The van der Waals surface area contributed by atoms with Gasteiger partial charge in [-0.3, -0.25) is 4.79 Å². The van der Waals surface area contributed by atoms with E-state index >= 15 is 0 Å². The Morgan fingerprint density at radius 3 is 2.70 bits per heavy atom. The Labute approximate surface area is 117 Å². The van der Waals surface area contributed by atoms with E-state index in [1.807, 2.05) is 14.1 Å². The minimum Gasteiger partial charge on any atom is -0.361 e. The normalized spacial score (nSPS) is 10.2. The molecule has 0 aliphatic heterocycles. The molecule has 0 saturated carbocycles. The molecule has 0 aliphatic carbocycles. The maximum Gasteiger partial charge on any atom is 0.258 e. The zero-order chi connectivity index (χ0) is 14.7. The van der Waals surface area contributed by atoms with E-state index in [0.29, 0.717) is 11.5 Å². The van der Waals surface area contributed by atoms with Gasteiger partial charge in [-0.1, -0.05) is 6.07 Å². The molecule has 1 N–H and O–H groups in total. The van der Waals surface area contributed by atoms with Gasteiger partial charge in [0.1, 0.15) is 5.82 Å². The van der Waals surface area contributed by atoms with E-state index in [1.165, 1.54) is 12.1 Å². The molecule has 0 fully saturated rings. The Morgan fingerprint density at radius 1 is 1.30 bits per heavy atom. The molecule has 1 heterocycles. The van der Waals surface area contributed by atoms with E-state index in [1.54, 1.807) is 36.2 Å². The van der Waals surface area contributed by atoms with Gasteiger partial charge in [0.05, 0.1) is 11.3 Å². The second kappa shape index (κ2) is 5.69. The maximum absolute atomic E-state index is 13.8. The first-order valence-electron chi connectivity index (χ1n) is 6.19. The van der Waals surface area contributed by atoms with Crippen LogP contribution >= 0.6 is 0 Å². The predicted octanol–water partition coefficient (Wildman–Crippen LogP) is 2.85. The van der Waals surface area contributed by atoms with Crippen LogP contribution < -0.4 is 10.2 Å². The number of carbonyl (C=O) groups excluding carboxylic acids is 1. The zero-order valence-electron chi connectivity index (χ0n) is 11.6. The second-order valence-electron chi connectivity index (χ2n) is 4.71. The van der Waals surface area contributed by atoms with Crippen LogP contribution in [-0.2, 0) is 0 Å². The fourth-order valence-electron chi connectivity index (χ4n) is 1.84. The van der Waals surface area contributed by atoms with Gasteiger partial charge in [-0.15, -0.1) is 0 Å². The van der Waals surface area contributed by atoms with E-state index in [2.05, 4.69) is 10.3 Å². The SMILES string of the molecule is Cc1ccc(C(=O)Nc2cccnc2N(C)C)c(F)c1. The van der Waals surface area contributed by atoms with Gasteiger partial charge < -0.3 is 10.2 Å². The van der Waals surface area contributed by atoms with Gasteiger partial charge in [0.25, 0.3) is 5.91 Å². The molecule has 0 unspecified atom stereocenters. The molecule has 2 aromatic rings. The zero-order valence-corrected chi connectivity index (χ0v) is 11.6. The Kier molecular flexibility index (Phi) is 3.98. The average molecular weight is 273 g/mol. The summed E-state index contributed by atoms with van der Waals surface area (Å²) in [5.74, 6) is -0.398. The van der Waals surface area contributed by atoms with Gasteiger partial charge in [0.15, 0.2) is 5.82 Å². The third-order valence-corrected chi connectivity index (χ3v) is 2.83. The number of pyridine rings is 1. The summed E-state index contributed by atoms with van der Waals surface area (Å²) in [7, 11) is 3.65. The van der Waals surface area contributed by atoms with E-state index in [4.69, 9.17) is 0 Å². The van der Waals surface area contributed by atoms with Crippen LogP contribution in [0.15, 0.2) is 36.5 Å². The number of aromatic nitrogens is 1. The number of nitrogens with zero attached hydrogens (tertiary/aromatic N) is 2. The summed E-state index contributed by atoms with van der Waals surface area (Å²) >= 11 is 0. The first kappa shape index (κ1) is 14.0. The first-order valence-corrected chi connectivity index (χ1v) is 6.19. The van der Waals surface area contributed by atoms with Crippen LogP contribution in [0, 0.1) is 12.7 Å². The number of benzene rings is 1. The fraction of sp³-hybridized carbons (Fsp3) is 0.200. The van der Waals surface area contributed by atoms with Gasteiger partial charge in [0, 0.05) is 20.3 Å². The van der Waals surface area contributed by atoms with Crippen LogP contribution in [0.4, 0.5) is 15.9 Å². The first-order chi connectivity index (χ1) is 9.49. The van der Waals surface area contributed by atoms with E-state index in [-0.39, 0.29) is 5.56 Å². The maximum atomic E-state index is 13.8. The molecule has 2 rings (SSSR count). The lowest BCUT2D eigenvalue weighted by molar-refractivity contribution is 0.102. The molecule has 5 heteroatoms. The van der Waals surface area contributed by atoms with Crippen molar-refractivity contribution in [2.24, 2.45) is 0 Å². The van der Waals surface area contributed by atoms with Gasteiger partial charge in [-0.25, -0.2) is 9.37 Å². The Morgan fingerprint density at radius 2 is 2.05 bits per heavy atom. The standard InChI is InChI=1S/C15H16FN3O/c1-10-6-7-11(12(16)9-10)15(20)18-13-5-4-8-17-14(13)19(2)3/h4-9H,1-3H3,(H,18,20). The molecular weight excluding hydrogens is 257 g/mol. The van der Waals surface area contributed by atoms with Crippen molar-refractivity contribution in [1.29, 1.82) is 0 Å². The van der Waals surface area contributed by atoms with Crippen LogP contribution in [0.1, 0.15) is 15.9 Å². The largest absolute Gasteiger partial charge is 0.361 e. The Hall–Kier alpha value is -2.43. The number of rotatable bonds is 3. The smallest absolute Gasteiger partial charge is 0.258 e. The molecule has 4 nitrogen and oxygen atoms in total. The molecule has 0 radical (unpaired) electrons. The summed E-state index contributed by atoms with van der Waals surface area (Å²) in [6.45, 7) is 1.77. The van der Waals surface area contributed by atoms with E-state index in [9.17, 15) is 9.18 Å². The van der Waals surface area contributed by atoms with E-state index < -0.39 is 11.7 Å². The number of hydrogen-bond donors (Lipinski definition) is 1. The highest BCUT2D eigenvalue weighted by molar-refractivity contribution is 6.05. The van der Waals surface area contributed by atoms with Crippen molar-refractivity contribution in [1.82, 2.24) is 4.98 Å². The Bertz CT molecular complexity index is 641. The number of aryl methyl sites for hydroxylation is 1. The molecule has 0 atom stereocenters. The fourth-order valence-corrected chi connectivity index (χ4v) is 1.84. The molecule has 104 valence electrons. The van der Waals surface area contributed by atoms with Gasteiger partial charge in [0.2, 0.25) is 0 Å². The number of halogens is 1. The van der Waals surface area contributed by atoms with Crippen LogP contribution in [0.5, 0.6) is 0 Å². The minimum absolute atomic E-state index is 0.0177. The van der Waals surface area contributed by atoms with Crippen LogP contribution in [-0.4, -0.2) is 25.0 Å². The summed E-state index contributed by atoms with van der Waals surface area (Å²) in [5.41, 5.74) is 1.33. The predicted molar refractivity (Wildman–Crippen MR) is 77.7 cm³/mol. The lowest BCUT2D eigenvalue weighted by Gasteiger charge is -2.16. The van der Waals surface area contributed by atoms with Gasteiger partial charge in [-0.2, -0.15) is 0 Å². The lowest BCUT2D eigenvalue weighted by atomic mass is 10.1. The second-order valence-corrected chi connectivity index (χ2v) is 4.71. The van der Waals surface area contributed by atoms with Gasteiger partial charge >= 0.3 is 0 Å². The van der Waals surface area contributed by atoms with Crippen molar-refractivity contribution in [3.8, 4) is 0 Å². The lowest BCUT2D eigenvalue weighted by Crippen LogP contribution is -2.18. The van der Waals surface area contributed by atoms with Crippen LogP contribution in [0.3, 0.4) is 0 Å². The summed E-state index contributed by atoms with van der Waals surface area (Å²) in [6, 6.07) is 7.96. The summed E-state index contributed by atoms with van der Waals surface area (Å²) < 4.78 is 13.8. The number of amides is 1. The van der Waals surface area contributed by atoms with Crippen LogP contribution in [0.25, 0.3) is 0 Å². The highest BCUT2D eigenvalue weighted by Crippen LogP contribution is 2.21. The number of nitrogens with one attached hydrogen (secondary N) is 1. The van der Waals surface area contributed by atoms with E-state index in [0.717, 1.165) is 5.56 Å². The summed E-state index contributed by atoms with van der Waals surface area (Å²) in [4.78, 5) is 18.1. The molecule has 1 aromatic carbocycles. The molecule has 0 spiro atoms. The highest BCUT2D eigenvalue weighted by atomic mass is 19.1. The average Bonchev–Trinajstić information content (AvgIpc) is 2.38. The molecule has 1 aromatic heterocycles. The molecule has 1 amide bonds. The Balaban J connectivity index is 2.28. The third kappa shape index (κ3) is 2.93. The third-order valence-electron chi connectivity index (χ3n) is 2.83. The van der Waals surface area contributed by atoms with Crippen molar-refractivity contribution < 1.29 is 9.18 Å². The van der Waals surface area contributed by atoms with Crippen molar-refractivity contribution in [2.45, 2.75) is 6.92 Å². The van der Waals surface area contributed by atoms with Crippen molar-refractivity contribution in [2.75, 3.05) is 24.3 Å². The molecule has 20 heavy (non-hydrogen) atoms. The number of carbonyl (C=O) groups is 1. The molecule has 0 saturated heterocycles. The summed E-state index contributed by atoms with van der Waals surface area (Å²) in [5, 5.41) is 2.69. The number of hydrogen-bond acceptors (Lipinski definition) is 3. The minimum atomic E-state index is -0.530. The van der Waals surface area contributed by atoms with Crippen LogP contribution in [0.2, 0.25) is 0 Å². The van der Waals surface area contributed by atoms with Crippen molar-refractivity contribution >= 4 is 17.4 Å². The molecule has 0 bridgehead atoms. The van der Waals surface area contributed by atoms with Crippen molar-refractivity contribution in [3.05, 3.63) is 53.5 Å².